The van der Waals surface area contributed by atoms with E-state index in [4.69, 9.17) is 0 Å². The minimum absolute atomic E-state index is 0.909. The number of hydrogen-bond acceptors (Lipinski definition) is 1. The van der Waals surface area contributed by atoms with Crippen molar-refractivity contribution in [2.75, 3.05) is 13.1 Å². The Morgan fingerprint density at radius 1 is 1.23 bits per heavy atom. The van der Waals surface area contributed by atoms with Crippen molar-refractivity contribution >= 4 is 0 Å². The Kier molecular flexibility index (Phi) is 5.45. The van der Waals surface area contributed by atoms with Crippen molar-refractivity contribution in [3.05, 3.63) is 6.92 Å². The summed E-state index contributed by atoms with van der Waals surface area (Å²) in [5.74, 6) is 0. The predicted octanol–water partition coefficient (Wildman–Crippen LogP) is 3.26. The lowest BCUT2D eigenvalue weighted by atomic mass is 10.2. The van der Waals surface area contributed by atoms with Gasteiger partial charge in [0.1, 0.15) is 0 Å². The van der Waals surface area contributed by atoms with Crippen LogP contribution in [0.5, 0.6) is 0 Å². The molecule has 0 saturated heterocycles. The SMILES string of the molecule is [CH2]CCCN(CCC)C1CCCC1. The zero-order chi connectivity index (χ0) is 9.52. The fourth-order valence-electron chi connectivity index (χ4n) is 2.35. The van der Waals surface area contributed by atoms with Gasteiger partial charge in [-0.1, -0.05) is 33.1 Å². The number of hydrogen-bond donors (Lipinski definition) is 0. The fourth-order valence-corrected chi connectivity index (χ4v) is 2.35. The lowest BCUT2D eigenvalue weighted by Gasteiger charge is -2.28. The number of rotatable bonds is 6. The van der Waals surface area contributed by atoms with Gasteiger partial charge in [0.25, 0.3) is 0 Å². The largest absolute Gasteiger partial charge is 0.300 e. The van der Waals surface area contributed by atoms with Crippen LogP contribution in [-0.2, 0) is 0 Å². The van der Waals surface area contributed by atoms with Crippen LogP contribution in [0.3, 0.4) is 0 Å². The van der Waals surface area contributed by atoms with Crippen LogP contribution >= 0.6 is 0 Å². The lowest BCUT2D eigenvalue weighted by molar-refractivity contribution is 0.197. The molecule has 1 radical (unpaired) electrons. The van der Waals surface area contributed by atoms with Gasteiger partial charge in [0, 0.05) is 6.04 Å². The Morgan fingerprint density at radius 3 is 2.46 bits per heavy atom. The maximum absolute atomic E-state index is 3.92. The molecule has 0 spiro atoms. The van der Waals surface area contributed by atoms with Gasteiger partial charge in [-0.15, -0.1) is 0 Å². The van der Waals surface area contributed by atoms with Crippen molar-refractivity contribution in [1.82, 2.24) is 4.90 Å². The van der Waals surface area contributed by atoms with Crippen LogP contribution in [0.1, 0.15) is 51.9 Å². The van der Waals surface area contributed by atoms with Gasteiger partial charge in [0.15, 0.2) is 0 Å². The van der Waals surface area contributed by atoms with E-state index in [2.05, 4.69) is 18.7 Å². The van der Waals surface area contributed by atoms with Crippen molar-refractivity contribution in [3.8, 4) is 0 Å². The zero-order valence-corrected chi connectivity index (χ0v) is 9.10. The van der Waals surface area contributed by atoms with Crippen molar-refractivity contribution < 1.29 is 0 Å². The highest BCUT2D eigenvalue weighted by Crippen LogP contribution is 2.23. The Labute approximate surface area is 83.5 Å². The van der Waals surface area contributed by atoms with E-state index in [9.17, 15) is 0 Å². The van der Waals surface area contributed by atoms with E-state index in [-0.39, 0.29) is 0 Å². The normalized spacial score (nSPS) is 18.7. The molecule has 0 heterocycles. The second-order valence-electron chi connectivity index (χ2n) is 4.18. The second kappa shape index (κ2) is 6.42. The molecule has 1 aliphatic carbocycles. The smallest absolute Gasteiger partial charge is 0.00952 e. The molecule has 0 atom stereocenters. The Morgan fingerprint density at radius 2 is 1.92 bits per heavy atom. The second-order valence-corrected chi connectivity index (χ2v) is 4.18. The number of unbranched alkanes of at least 4 members (excludes halogenated alkanes) is 1. The van der Waals surface area contributed by atoms with Gasteiger partial charge in [-0.25, -0.2) is 0 Å². The third-order valence-corrected chi connectivity index (χ3v) is 3.05. The molecule has 0 aliphatic heterocycles. The van der Waals surface area contributed by atoms with E-state index in [0.29, 0.717) is 0 Å². The first-order valence-electron chi connectivity index (χ1n) is 5.91. The zero-order valence-electron chi connectivity index (χ0n) is 9.10. The summed E-state index contributed by atoms with van der Waals surface area (Å²) < 4.78 is 0. The van der Waals surface area contributed by atoms with E-state index in [1.54, 1.807) is 0 Å². The van der Waals surface area contributed by atoms with Crippen LogP contribution in [0.2, 0.25) is 0 Å². The van der Waals surface area contributed by atoms with Crippen molar-refractivity contribution in [3.63, 3.8) is 0 Å². The monoisotopic (exact) mass is 182 g/mol. The quantitative estimate of drug-likeness (QED) is 0.609. The molecule has 1 aliphatic rings. The summed E-state index contributed by atoms with van der Waals surface area (Å²) in [6.45, 7) is 8.78. The highest BCUT2D eigenvalue weighted by Gasteiger charge is 2.20. The Hall–Kier alpha value is -0.0400. The van der Waals surface area contributed by atoms with Crippen LogP contribution in [0.4, 0.5) is 0 Å². The van der Waals surface area contributed by atoms with Crippen LogP contribution in [0.25, 0.3) is 0 Å². The van der Waals surface area contributed by atoms with Gasteiger partial charge < -0.3 is 4.90 Å². The molecule has 0 aromatic carbocycles. The average molecular weight is 182 g/mol. The number of nitrogens with zero attached hydrogens (tertiary/aromatic N) is 1. The summed E-state index contributed by atoms with van der Waals surface area (Å²) in [5.41, 5.74) is 0. The van der Waals surface area contributed by atoms with Gasteiger partial charge in [-0.05, 0) is 38.8 Å². The van der Waals surface area contributed by atoms with Gasteiger partial charge in [-0.3, -0.25) is 0 Å². The molecule has 1 rings (SSSR count). The summed E-state index contributed by atoms with van der Waals surface area (Å²) in [5, 5.41) is 0. The van der Waals surface area contributed by atoms with Crippen molar-refractivity contribution in [2.24, 2.45) is 0 Å². The van der Waals surface area contributed by atoms with Crippen LogP contribution < -0.4 is 0 Å². The van der Waals surface area contributed by atoms with Gasteiger partial charge in [0.05, 0.1) is 0 Å². The van der Waals surface area contributed by atoms with Crippen molar-refractivity contribution in [2.45, 2.75) is 57.9 Å². The Bertz CT molecular complexity index is 116. The summed E-state index contributed by atoms with van der Waals surface area (Å²) in [7, 11) is 0. The minimum Gasteiger partial charge on any atom is -0.300 e. The van der Waals surface area contributed by atoms with E-state index in [0.717, 1.165) is 12.5 Å². The standard InChI is InChI=1S/C12H24N/c1-3-5-11-13(10-4-2)12-8-6-7-9-12/h12H,1,3-11H2,2H3. The molecule has 1 fully saturated rings. The highest BCUT2D eigenvalue weighted by molar-refractivity contribution is 4.77. The molecule has 77 valence electrons. The molecule has 13 heavy (non-hydrogen) atoms. The van der Waals surface area contributed by atoms with Gasteiger partial charge in [0.2, 0.25) is 0 Å². The summed E-state index contributed by atoms with van der Waals surface area (Å²) in [4.78, 5) is 2.69. The molecule has 0 N–H and O–H groups in total. The van der Waals surface area contributed by atoms with E-state index in [1.165, 1.54) is 51.6 Å². The van der Waals surface area contributed by atoms with Crippen LogP contribution in [0.15, 0.2) is 0 Å². The van der Waals surface area contributed by atoms with Gasteiger partial charge >= 0.3 is 0 Å². The minimum atomic E-state index is 0.909. The molecular formula is C12H24N. The molecular weight excluding hydrogens is 158 g/mol. The third kappa shape index (κ3) is 3.68. The lowest BCUT2D eigenvalue weighted by Crippen LogP contribution is -2.34. The first-order valence-corrected chi connectivity index (χ1v) is 5.91. The average Bonchev–Trinajstić information content (AvgIpc) is 2.65. The molecule has 0 aromatic heterocycles. The topological polar surface area (TPSA) is 3.24 Å². The molecule has 0 unspecified atom stereocenters. The molecule has 0 bridgehead atoms. The van der Waals surface area contributed by atoms with E-state index < -0.39 is 0 Å². The summed E-state index contributed by atoms with van der Waals surface area (Å²) in [6.07, 6.45) is 9.45. The van der Waals surface area contributed by atoms with Crippen molar-refractivity contribution in [1.29, 1.82) is 0 Å². The molecule has 1 saturated carbocycles. The summed E-state index contributed by atoms with van der Waals surface area (Å²) >= 11 is 0. The molecule has 1 heteroatoms. The maximum atomic E-state index is 3.92. The third-order valence-electron chi connectivity index (χ3n) is 3.05. The van der Waals surface area contributed by atoms with Crippen LogP contribution in [0, 0.1) is 6.92 Å². The molecule has 0 aromatic rings. The highest BCUT2D eigenvalue weighted by atomic mass is 15.1. The maximum Gasteiger partial charge on any atom is 0.00952 e. The summed E-state index contributed by atoms with van der Waals surface area (Å²) in [6, 6.07) is 0.909. The first kappa shape index (κ1) is 11.0. The molecule has 0 amide bonds. The molecule has 1 nitrogen and oxygen atoms in total. The van der Waals surface area contributed by atoms with Crippen LogP contribution in [-0.4, -0.2) is 24.0 Å². The van der Waals surface area contributed by atoms with E-state index in [1.807, 2.05) is 0 Å². The van der Waals surface area contributed by atoms with Gasteiger partial charge in [-0.2, -0.15) is 0 Å². The van der Waals surface area contributed by atoms with E-state index >= 15 is 0 Å². The first-order chi connectivity index (χ1) is 6.38. The Balaban J connectivity index is 2.26. The fraction of sp³-hybridized carbons (Fsp3) is 0.917. The predicted molar refractivity (Wildman–Crippen MR) is 58.7 cm³/mol.